The van der Waals surface area contributed by atoms with E-state index in [9.17, 15) is 0 Å². The summed E-state index contributed by atoms with van der Waals surface area (Å²) in [5, 5.41) is 6.86. The van der Waals surface area contributed by atoms with E-state index in [1.54, 1.807) is 0 Å². The number of aromatic amines is 1. The number of H-pyrrole nitrogens is 1. The third kappa shape index (κ3) is 1.33. The van der Waals surface area contributed by atoms with E-state index >= 15 is 0 Å². The Balaban J connectivity index is 2.11. The largest absolute Gasteiger partial charge is 0.381 e. The summed E-state index contributed by atoms with van der Waals surface area (Å²) in [6, 6.07) is 0. The predicted octanol–water partition coefficient (Wildman–Crippen LogP) is -0.233. The summed E-state index contributed by atoms with van der Waals surface area (Å²) < 4.78 is 5.23. The summed E-state index contributed by atoms with van der Waals surface area (Å²) in [7, 11) is 0. The SMILES string of the molecule is NCc1nc([C@@H]2CCOC2)n[nH]1. The molecule has 3 N–H and O–H groups in total. The van der Waals surface area contributed by atoms with Crippen LogP contribution in [0.4, 0.5) is 0 Å². The minimum atomic E-state index is 0.363. The van der Waals surface area contributed by atoms with Crippen LogP contribution in [-0.4, -0.2) is 28.4 Å². The van der Waals surface area contributed by atoms with Crippen molar-refractivity contribution in [3.8, 4) is 0 Å². The van der Waals surface area contributed by atoms with Gasteiger partial charge in [0.15, 0.2) is 5.82 Å². The highest BCUT2D eigenvalue weighted by Crippen LogP contribution is 2.21. The molecule has 0 saturated carbocycles. The Morgan fingerprint density at radius 3 is 3.17 bits per heavy atom. The minimum Gasteiger partial charge on any atom is -0.381 e. The zero-order valence-corrected chi connectivity index (χ0v) is 6.79. The van der Waals surface area contributed by atoms with E-state index in [1.807, 2.05) is 0 Å². The van der Waals surface area contributed by atoms with Crippen LogP contribution < -0.4 is 5.73 Å². The Morgan fingerprint density at radius 1 is 1.67 bits per heavy atom. The van der Waals surface area contributed by atoms with Gasteiger partial charge in [-0.1, -0.05) is 0 Å². The van der Waals surface area contributed by atoms with Crippen LogP contribution >= 0.6 is 0 Å². The van der Waals surface area contributed by atoms with Crippen molar-refractivity contribution in [3.05, 3.63) is 11.6 Å². The Bertz CT molecular complexity index is 254. The van der Waals surface area contributed by atoms with E-state index in [1.165, 1.54) is 0 Å². The van der Waals surface area contributed by atoms with Crippen molar-refractivity contribution in [2.75, 3.05) is 13.2 Å². The standard InChI is InChI=1S/C7H12N4O/c8-3-6-9-7(11-10-6)5-1-2-12-4-5/h5H,1-4,8H2,(H,9,10,11)/t5-/m1/s1. The summed E-state index contributed by atoms with van der Waals surface area (Å²) in [5.74, 6) is 1.95. The molecular formula is C7H12N4O. The van der Waals surface area contributed by atoms with Crippen molar-refractivity contribution in [3.63, 3.8) is 0 Å². The van der Waals surface area contributed by atoms with E-state index < -0.39 is 0 Å². The van der Waals surface area contributed by atoms with Crippen molar-refractivity contribution in [1.82, 2.24) is 15.2 Å². The Kier molecular flexibility index (Phi) is 2.05. The van der Waals surface area contributed by atoms with E-state index in [0.29, 0.717) is 12.5 Å². The van der Waals surface area contributed by atoms with Crippen molar-refractivity contribution in [2.24, 2.45) is 5.73 Å². The molecule has 0 amide bonds. The van der Waals surface area contributed by atoms with E-state index in [2.05, 4.69) is 15.2 Å². The molecule has 0 bridgehead atoms. The maximum Gasteiger partial charge on any atom is 0.156 e. The summed E-state index contributed by atoms with van der Waals surface area (Å²) >= 11 is 0. The van der Waals surface area contributed by atoms with Gasteiger partial charge in [0, 0.05) is 12.5 Å². The van der Waals surface area contributed by atoms with Crippen LogP contribution in [0.15, 0.2) is 0 Å². The number of ether oxygens (including phenoxy) is 1. The second kappa shape index (κ2) is 3.20. The Hall–Kier alpha value is -0.940. The quantitative estimate of drug-likeness (QED) is 0.639. The van der Waals surface area contributed by atoms with Gasteiger partial charge in [-0.3, -0.25) is 5.10 Å². The molecule has 0 radical (unpaired) electrons. The van der Waals surface area contributed by atoms with Crippen LogP contribution in [0.3, 0.4) is 0 Å². The summed E-state index contributed by atoms with van der Waals surface area (Å²) in [5.41, 5.74) is 5.40. The number of rotatable bonds is 2. The zero-order valence-electron chi connectivity index (χ0n) is 6.79. The van der Waals surface area contributed by atoms with Crippen LogP contribution in [-0.2, 0) is 11.3 Å². The number of hydrogen-bond donors (Lipinski definition) is 2. The number of nitrogens with two attached hydrogens (primary N) is 1. The second-order valence-electron chi connectivity index (χ2n) is 2.90. The maximum absolute atomic E-state index is 5.40. The molecule has 1 aliphatic rings. The molecular weight excluding hydrogens is 156 g/mol. The first-order valence-electron chi connectivity index (χ1n) is 4.09. The first-order valence-corrected chi connectivity index (χ1v) is 4.09. The van der Waals surface area contributed by atoms with E-state index in [-0.39, 0.29) is 0 Å². The predicted molar refractivity (Wildman–Crippen MR) is 42.5 cm³/mol. The van der Waals surface area contributed by atoms with Gasteiger partial charge in [0.1, 0.15) is 5.82 Å². The number of nitrogens with one attached hydrogen (secondary N) is 1. The van der Waals surface area contributed by atoms with Gasteiger partial charge in [-0.15, -0.1) is 0 Å². The lowest BCUT2D eigenvalue weighted by Gasteiger charge is -1.98. The summed E-state index contributed by atoms with van der Waals surface area (Å²) in [6.07, 6.45) is 1.02. The molecule has 66 valence electrons. The topological polar surface area (TPSA) is 76.8 Å². The minimum absolute atomic E-state index is 0.363. The normalized spacial score (nSPS) is 23.2. The molecule has 0 unspecified atom stereocenters. The fourth-order valence-electron chi connectivity index (χ4n) is 1.32. The average Bonchev–Trinajstić information content (AvgIpc) is 2.75. The monoisotopic (exact) mass is 168 g/mol. The van der Waals surface area contributed by atoms with Gasteiger partial charge in [-0.05, 0) is 6.42 Å². The van der Waals surface area contributed by atoms with Gasteiger partial charge < -0.3 is 10.5 Å². The summed E-state index contributed by atoms with van der Waals surface area (Å²) in [6.45, 7) is 1.97. The van der Waals surface area contributed by atoms with Gasteiger partial charge in [-0.2, -0.15) is 5.10 Å². The molecule has 1 aliphatic heterocycles. The first kappa shape index (κ1) is 7.70. The maximum atomic E-state index is 5.40. The van der Waals surface area contributed by atoms with Gasteiger partial charge in [0.2, 0.25) is 0 Å². The Labute approximate surface area is 70.3 Å². The van der Waals surface area contributed by atoms with Gasteiger partial charge in [0.25, 0.3) is 0 Å². The van der Waals surface area contributed by atoms with E-state index in [0.717, 1.165) is 31.3 Å². The molecule has 1 aromatic rings. The highest BCUT2D eigenvalue weighted by molar-refractivity contribution is 4.99. The third-order valence-electron chi connectivity index (χ3n) is 2.04. The van der Waals surface area contributed by atoms with Crippen LogP contribution in [0, 0.1) is 0 Å². The van der Waals surface area contributed by atoms with Crippen molar-refractivity contribution < 1.29 is 4.74 Å². The molecule has 5 nitrogen and oxygen atoms in total. The van der Waals surface area contributed by atoms with E-state index in [4.69, 9.17) is 10.5 Å². The molecule has 1 fully saturated rings. The highest BCUT2D eigenvalue weighted by atomic mass is 16.5. The molecule has 0 spiro atoms. The van der Waals surface area contributed by atoms with Crippen molar-refractivity contribution in [2.45, 2.75) is 18.9 Å². The van der Waals surface area contributed by atoms with Crippen molar-refractivity contribution in [1.29, 1.82) is 0 Å². The smallest absolute Gasteiger partial charge is 0.156 e. The van der Waals surface area contributed by atoms with Crippen LogP contribution in [0.1, 0.15) is 24.0 Å². The van der Waals surface area contributed by atoms with Gasteiger partial charge in [-0.25, -0.2) is 4.98 Å². The molecule has 2 rings (SSSR count). The fraction of sp³-hybridized carbons (Fsp3) is 0.714. The van der Waals surface area contributed by atoms with Gasteiger partial charge in [0.05, 0.1) is 13.2 Å². The molecule has 5 heteroatoms. The molecule has 1 aromatic heterocycles. The molecule has 12 heavy (non-hydrogen) atoms. The lowest BCUT2D eigenvalue weighted by Crippen LogP contribution is -2.01. The Morgan fingerprint density at radius 2 is 2.58 bits per heavy atom. The molecule has 0 aliphatic carbocycles. The average molecular weight is 168 g/mol. The molecule has 1 atom stereocenters. The molecule has 1 saturated heterocycles. The van der Waals surface area contributed by atoms with Crippen molar-refractivity contribution >= 4 is 0 Å². The lowest BCUT2D eigenvalue weighted by molar-refractivity contribution is 0.193. The molecule has 2 heterocycles. The van der Waals surface area contributed by atoms with Gasteiger partial charge >= 0.3 is 0 Å². The number of hydrogen-bond acceptors (Lipinski definition) is 4. The lowest BCUT2D eigenvalue weighted by atomic mass is 10.1. The van der Waals surface area contributed by atoms with Crippen LogP contribution in [0.25, 0.3) is 0 Å². The number of nitrogens with zero attached hydrogens (tertiary/aromatic N) is 2. The van der Waals surface area contributed by atoms with Crippen LogP contribution in [0.2, 0.25) is 0 Å². The summed E-state index contributed by atoms with van der Waals surface area (Å²) in [4.78, 5) is 4.24. The fourth-order valence-corrected chi connectivity index (χ4v) is 1.32. The highest BCUT2D eigenvalue weighted by Gasteiger charge is 2.21. The third-order valence-corrected chi connectivity index (χ3v) is 2.04. The first-order chi connectivity index (χ1) is 5.90. The van der Waals surface area contributed by atoms with Crippen LogP contribution in [0.5, 0.6) is 0 Å². The molecule has 0 aromatic carbocycles. The second-order valence-corrected chi connectivity index (χ2v) is 2.90. The number of aromatic nitrogens is 3. The zero-order chi connectivity index (χ0) is 8.39.